The topological polar surface area (TPSA) is 59.0 Å². The molecule has 0 bridgehead atoms. The molecule has 4 rings (SSSR count). The quantitative estimate of drug-likeness (QED) is 0.787. The lowest BCUT2D eigenvalue weighted by Gasteiger charge is -2.26. The predicted molar refractivity (Wildman–Crippen MR) is 86.1 cm³/mol. The van der Waals surface area contributed by atoms with Crippen LogP contribution in [0.1, 0.15) is 5.56 Å². The number of fused-ring (bicyclic) bond motifs is 1. The van der Waals surface area contributed by atoms with Gasteiger partial charge in [0.15, 0.2) is 5.82 Å². The number of anilines is 1. The highest BCUT2D eigenvalue weighted by molar-refractivity contribution is 5.95. The number of ether oxygens (including phenoxy) is 1. The maximum Gasteiger partial charge on any atom is 0.224 e. The Hall–Kier alpha value is -2.34. The summed E-state index contributed by atoms with van der Waals surface area (Å²) in [5, 5.41) is 5.78. The van der Waals surface area contributed by atoms with E-state index in [1.165, 1.54) is 10.9 Å². The van der Waals surface area contributed by atoms with Crippen molar-refractivity contribution >= 4 is 16.9 Å². The van der Waals surface area contributed by atoms with Gasteiger partial charge in [-0.25, -0.2) is 4.68 Å². The van der Waals surface area contributed by atoms with Gasteiger partial charge < -0.3 is 14.6 Å². The number of hydrogen-bond acceptors (Lipinski definition) is 4. The first-order valence-corrected chi connectivity index (χ1v) is 7.55. The number of rotatable bonds is 2. The first-order chi connectivity index (χ1) is 10.7. The van der Waals surface area contributed by atoms with Gasteiger partial charge in [-0.3, -0.25) is 0 Å². The highest BCUT2D eigenvalue weighted by Crippen LogP contribution is 2.29. The molecule has 0 atom stereocenters. The van der Waals surface area contributed by atoms with Crippen LogP contribution in [0.5, 0.6) is 0 Å². The molecule has 3 aromatic rings. The normalized spacial score (nSPS) is 15.6. The van der Waals surface area contributed by atoms with Gasteiger partial charge in [0, 0.05) is 42.8 Å². The number of aromatic amines is 1. The van der Waals surface area contributed by atoms with Crippen molar-refractivity contribution in [3.63, 3.8) is 0 Å². The summed E-state index contributed by atoms with van der Waals surface area (Å²) >= 11 is 0. The Morgan fingerprint density at radius 1 is 1.23 bits per heavy atom. The Labute approximate surface area is 128 Å². The summed E-state index contributed by atoms with van der Waals surface area (Å²) in [6, 6.07) is 6.29. The second-order valence-electron chi connectivity index (χ2n) is 5.66. The lowest BCUT2D eigenvalue weighted by Crippen LogP contribution is -2.37. The van der Waals surface area contributed by atoms with Gasteiger partial charge >= 0.3 is 0 Å². The molecule has 6 heteroatoms. The average Bonchev–Trinajstić information content (AvgIpc) is 3.12. The second kappa shape index (κ2) is 5.14. The Kier molecular flexibility index (Phi) is 3.11. The lowest BCUT2D eigenvalue weighted by molar-refractivity contribution is 0.121. The minimum Gasteiger partial charge on any atom is -0.378 e. The summed E-state index contributed by atoms with van der Waals surface area (Å²) in [5.74, 6) is 1.67. The van der Waals surface area contributed by atoms with E-state index in [0.29, 0.717) is 0 Å². The van der Waals surface area contributed by atoms with E-state index in [9.17, 15) is 0 Å². The molecule has 1 fully saturated rings. The van der Waals surface area contributed by atoms with Crippen LogP contribution in [0.3, 0.4) is 0 Å². The predicted octanol–water partition coefficient (Wildman–Crippen LogP) is 2.11. The average molecular weight is 297 g/mol. The van der Waals surface area contributed by atoms with Crippen LogP contribution in [-0.4, -0.2) is 46.1 Å². The molecule has 3 heterocycles. The van der Waals surface area contributed by atoms with Gasteiger partial charge in [0.2, 0.25) is 5.95 Å². The maximum atomic E-state index is 5.41. The van der Waals surface area contributed by atoms with E-state index in [4.69, 9.17) is 9.72 Å². The standard InChI is InChI=1S/C16H19N5O/c1-11-4-3-5-12-13(10-17-14(11)12)15-18-16(20(2)19-15)21-6-8-22-9-7-21/h3-5,10,17H,6-9H2,1-2H3. The number of para-hydroxylation sites is 1. The van der Waals surface area contributed by atoms with Crippen LogP contribution in [-0.2, 0) is 11.8 Å². The molecular weight excluding hydrogens is 278 g/mol. The minimum absolute atomic E-state index is 0.745. The van der Waals surface area contributed by atoms with Crippen molar-refractivity contribution in [1.82, 2.24) is 19.7 Å². The molecule has 1 aliphatic heterocycles. The van der Waals surface area contributed by atoms with Gasteiger partial charge in [-0.1, -0.05) is 18.2 Å². The van der Waals surface area contributed by atoms with Gasteiger partial charge in [0.25, 0.3) is 0 Å². The number of aryl methyl sites for hydroxylation is 2. The fourth-order valence-corrected chi connectivity index (χ4v) is 3.02. The highest BCUT2D eigenvalue weighted by atomic mass is 16.5. The number of nitrogens with zero attached hydrogens (tertiary/aromatic N) is 4. The number of morpholine rings is 1. The van der Waals surface area contributed by atoms with E-state index < -0.39 is 0 Å². The fraction of sp³-hybridized carbons (Fsp3) is 0.375. The summed E-state index contributed by atoms with van der Waals surface area (Å²) in [5.41, 5.74) is 3.43. The van der Waals surface area contributed by atoms with Crippen molar-refractivity contribution in [3.8, 4) is 11.4 Å². The van der Waals surface area contributed by atoms with Crippen LogP contribution in [0.4, 0.5) is 5.95 Å². The lowest BCUT2D eigenvalue weighted by atomic mass is 10.1. The number of hydrogen-bond donors (Lipinski definition) is 1. The molecule has 1 saturated heterocycles. The molecule has 1 N–H and O–H groups in total. The first kappa shape index (κ1) is 13.3. The molecule has 0 saturated carbocycles. The molecule has 0 aliphatic carbocycles. The molecule has 0 radical (unpaired) electrons. The molecule has 114 valence electrons. The van der Waals surface area contributed by atoms with E-state index in [1.54, 1.807) is 0 Å². The van der Waals surface area contributed by atoms with Crippen molar-refractivity contribution in [3.05, 3.63) is 30.0 Å². The van der Waals surface area contributed by atoms with Gasteiger partial charge in [0.1, 0.15) is 0 Å². The third kappa shape index (κ3) is 2.07. The van der Waals surface area contributed by atoms with Gasteiger partial charge in [-0.2, -0.15) is 4.98 Å². The summed E-state index contributed by atoms with van der Waals surface area (Å²) in [6.45, 7) is 5.31. The van der Waals surface area contributed by atoms with Crippen molar-refractivity contribution in [1.29, 1.82) is 0 Å². The Balaban J connectivity index is 1.77. The summed E-state index contributed by atoms with van der Waals surface area (Å²) in [6.07, 6.45) is 2.00. The second-order valence-corrected chi connectivity index (χ2v) is 5.66. The van der Waals surface area contributed by atoms with Crippen LogP contribution in [0.15, 0.2) is 24.4 Å². The Morgan fingerprint density at radius 2 is 2.05 bits per heavy atom. The van der Waals surface area contributed by atoms with Gasteiger partial charge in [-0.05, 0) is 12.5 Å². The molecule has 0 unspecified atom stereocenters. The van der Waals surface area contributed by atoms with E-state index in [-0.39, 0.29) is 0 Å². The minimum atomic E-state index is 0.745. The molecule has 2 aromatic heterocycles. The third-order valence-electron chi connectivity index (χ3n) is 4.20. The Bertz CT molecular complexity index is 813. The number of aromatic nitrogens is 4. The van der Waals surface area contributed by atoms with Gasteiger partial charge in [-0.15, -0.1) is 5.10 Å². The van der Waals surface area contributed by atoms with E-state index >= 15 is 0 Å². The molecule has 0 amide bonds. The van der Waals surface area contributed by atoms with Crippen LogP contribution >= 0.6 is 0 Å². The van der Waals surface area contributed by atoms with E-state index in [2.05, 4.69) is 40.1 Å². The highest BCUT2D eigenvalue weighted by Gasteiger charge is 2.19. The van der Waals surface area contributed by atoms with Crippen molar-refractivity contribution in [2.75, 3.05) is 31.2 Å². The van der Waals surface area contributed by atoms with E-state index in [0.717, 1.165) is 49.2 Å². The molecule has 0 spiro atoms. The zero-order chi connectivity index (χ0) is 15.1. The molecule has 1 aliphatic rings. The summed E-state index contributed by atoms with van der Waals surface area (Å²) in [4.78, 5) is 10.3. The van der Waals surface area contributed by atoms with Crippen LogP contribution in [0.25, 0.3) is 22.3 Å². The zero-order valence-corrected chi connectivity index (χ0v) is 12.8. The number of H-pyrrole nitrogens is 1. The zero-order valence-electron chi connectivity index (χ0n) is 12.8. The van der Waals surface area contributed by atoms with Crippen molar-refractivity contribution < 1.29 is 4.74 Å². The monoisotopic (exact) mass is 297 g/mol. The van der Waals surface area contributed by atoms with Crippen LogP contribution in [0.2, 0.25) is 0 Å². The number of benzene rings is 1. The SMILES string of the molecule is Cc1cccc2c(-c3nc(N4CCOCC4)n(C)n3)c[nH]c12. The molecule has 22 heavy (non-hydrogen) atoms. The summed E-state index contributed by atoms with van der Waals surface area (Å²) < 4.78 is 7.26. The molecule has 1 aromatic carbocycles. The largest absolute Gasteiger partial charge is 0.378 e. The van der Waals surface area contributed by atoms with Crippen molar-refractivity contribution in [2.45, 2.75) is 6.92 Å². The summed E-state index contributed by atoms with van der Waals surface area (Å²) in [7, 11) is 1.95. The Morgan fingerprint density at radius 3 is 2.86 bits per heavy atom. The number of nitrogens with one attached hydrogen (secondary N) is 1. The first-order valence-electron chi connectivity index (χ1n) is 7.55. The van der Waals surface area contributed by atoms with Crippen LogP contribution < -0.4 is 4.90 Å². The maximum absolute atomic E-state index is 5.41. The molecular formula is C16H19N5O. The van der Waals surface area contributed by atoms with Gasteiger partial charge in [0.05, 0.1) is 13.2 Å². The van der Waals surface area contributed by atoms with E-state index in [1.807, 2.05) is 17.9 Å². The third-order valence-corrected chi connectivity index (χ3v) is 4.20. The smallest absolute Gasteiger partial charge is 0.224 e. The van der Waals surface area contributed by atoms with Crippen molar-refractivity contribution in [2.24, 2.45) is 7.05 Å². The van der Waals surface area contributed by atoms with Crippen LogP contribution in [0, 0.1) is 6.92 Å². The fourth-order valence-electron chi connectivity index (χ4n) is 3.02. The molecule has 6 nitrogen and oxygen atoms in total.